The maximum atomic E-state index is 12.6. The first-order valence-corrected chi connectivity index (χ1v) is 9.23. The molecule has 0 aliphatic heterocycles. The first-order valence-electron chi connectivity index (χ1n) is 8.03. The molecule has 0 fully saturated rings. The number of halogens is 1. The molecule has 4 nitrogen and oxygen atoms in total. The number of hydrogen-bond donors (Lipinski definition) is 2. The summed E-state index contributed by atoms with van der Waals surface area (Å²) in [5.41, 5.74) is 3.47. The van der Waals surface area contributed by atoms with Gasteiger partial charge in [0.05, 0.1) is 12.2 Å². The molecule has 0 saturated carbocycles. The predicted octanol–water partition coefficient (Wildman–Crippen LogP) is 4.98. The third-order valence-corrected chi connectivity index (χ3v) is 4.29. The molecule has 0 bridgehead atoms. The van der Waals surface area contributed by atoms with E-state index in [1.54, 1.807) is 12.1 Å². The zero-order valence-corrected chi connectivity index (χ0v) is 16.9. The minimum Gasteiger partial charge on any atom is -0.493 e. The molecule has 0 aliphatic carbocycles. The van der Waals surface area contributed by atoms with Gasteiger partial charge in [-0.3, -0.25) is 10.1 Å². The molecular weight excluding hydrogens is 400 g/mol. The number of ether oxygens (including phenoxy) is 1. The molecule has 2 rings (SSSR count). The SMILES string of the molecule is CCCOc1ccc(Br)cc1C(=O)NC(=S)Nc1c(C)cccc1C. The van der Waals surface area contributed by atoms with E-state index in [4.69, 9.17) is 17.0 Å². The lowest BCUT2D eigenvalue weighted by Crippen LogP contribution is -2.34. The van der Waals surface area contributed by atoms with Crippen molar-refractivity contribution in [3.8, 4) is 5.75 Å². The second-order valence-electron chi connectivity index (χ2n) is 5.66. The molecule has 25 heavy (non-hydrogen) atoms. The van der Waals surface area contributed by atoms with Crippen molar-refractivity contribution in [2.75, 3.05) is 11.9 Å². The molecule has 1 amide bonds. The maximum Gasteiger partial charge on any atom is 0.261 e. The van der Waals surface area contributed by atoms with Crippen LogP contribution in [-0.2, 0) is 0 Å². The average Bonchev–Trinajstić information content (AvgIpc) is 2.57. The van der Waals surface area contributed by atoms with Crippen LogP contribution in [0.1, 0.15) is 34.8 Å². The summed E-state index contributed by atoms with van der Waals surface area (Å²) in [7, 11) is 0. The summed E-state index contributed by atoms with van der Waals surface area (Å²) in [4.78, 5) is 12.6. The fourth-order valence-corrected chi connectivity index (χ4v) is 2.90. The molecule has 2 aromatic rings. The summed E-state index contributed by atoms with van der Waals surface area (Å²) in [5, 5.41) is 6.08. The fourth-order valence-electron chi connectivity index (χ4n) is 2.34. The fraction of sp³-hybridized carbons (Fsp3) is 0.263. The Hall–Kier alpha value is -1.92. The van der Waals surface area contributed by atoms with Gasteiger partial charge in [-0.25, -0.2) is 0 Å². The molecule has 0 aliphatic rings. The number of carbonyl (C=O) groups excluding carboxylic acids is 1. The Morgan fingerprint density at radius 3 is 2.52 bits per heavy atom. The Balaban J connectivity index is 2.14. The van der Waals surface area contributed by atoms with Gasteiger partial charge >= 0.3 is 0 Å². The minimum absolute atomic E-state index is 0.254. The molecule has 0 spiro atoms. The van der Waals surface area contributed by atoms with Gasteiger partial charge in [-0.05, 0) is 61.8 Å². The van der Waals surface area contributed by atoms with Crippen molar-refractivity contribution in [1.82, 2.24) is 5.32 Å². The number of anilines is 1. The third-order valence-electron chi connectivity index (χ3n) is 3.59. The van der Waals surface area contributed by atoms with Crippen molar-refractivity contribution in [1.29, 1.82) is 0 Å². The van der Waals surface area contributed by atoms with Crippen LogP contribution in [0.2, 0.25) is 0 Å². The van der Waals surface area contributed by atoms with Crippen LogP contribution in [0.25, 0.3) is 0 Å². The van der Waals surface area contributed by atoms with E-state index in [0.29, 0.717) is 17.9 Å². The number of carbonyl (C=O) groups is 1. The molecule has 0 atom stereocenters. The molecule has 0 radical (unpaired) electrons. The first kappa shape index (κ1) is 19.4. The molecule has 6 heteroatoms. The largest absolute Gasteiger partial charge is 0.493 e. The third kappa shape index (κ3) is 5.28. The number of thiocarbonyl (C=S) groups is 1. The van der Waals surface area contributed by atoms with Crippen molar-refractivity contribution in [2.45, 2.75) is 27.2 Å². The smallest absolute Gasteiger partial charge is 0.261 e. The quantitative estimate of drug-likeness (QED) is 0.669. The Bertz CT molecular complexity index is 773. The zero-order chi connectivity index (χ0) is 18.4. The second-order valence-corrected chi connectivity index (χ2v) is 6.99. The highest BCUT2D eigenvalue weighted by Gasteiger charge is 2.15. The van der Waals surface area contributed by atoms with Gasteiger partial charge in [-0.2, -0.15) is 0 Å². The Morgan fingerprint density at radius 2 is 1.88 bits per heavy atom. The Kier molecular flexibility index (Phi) is 6.96. The van der Waals surface area contributed by atoms with E-state index >= 15 is 0 Å². The standard InChI is InChI=1S/C19H21BrN2O2S/c1-4-10-24-16-9-8-14(20)11-15(16)18(23)22-19(25)21-17-12(2)6-5-7-13(17)3/h5-9,11H,4,10H2,1-3H3,(H2,21,22,23,25). The zero-order valence-electron chi connectivity index (χ0n) is 14.5. The number of nitrogens with one attached hydrogen (secondary N) is 2. The van der Waals surface area contributed by atoms with Crippen LogP contribution < -0.4 is 15.4 Å². The summed E-state index contributed by atoms with van der Waals surface area (Å²) in [6, 6.07) is 11.3. The van der Waals surface area contributed by atoms with Crippen molar-refractivity contribution in [3.05, 3.63) is 57.6 Å². The molecule has 2 N–H and O–H groups in total. The normalized spacial score (nSPS) is 10.2. The van der Waals surface area contributed by atoms with Crippen molar-refractivity contribution in [2.24, 2.45) is 0 Å². The topological polar surface area (TPSA) is 50.4 Å². The molecule has 132 valence electrons. The van der Waals surface area contributed by atoms with Crippen LogP contribution >= 0.6 is 28.1 Å². The summed E-state index contributed by atoms with van der Waals surface area (Å²) in [5.74, 6) is 0.230. The summed E-state index contributed by atoms with van der Waals surface area (Å²) in [6.45, 7) is 6.55. The molecule has 0 unspecified atom stereocenters. The lowest BCUT2D eigenvalue weighted by Gasteiger charge is -2.15. The van der Waals surface area contributed by atoms with Gasteiger partial charge < -0.3 is 10.1 Å². The van der Waals surface area contributed by atoms with Crippen molar-refractivity contribution >= 4 is 44.9 Å². The summed E-state index contributed by atoms with van der Waals surface area (Å²) >= 11 is 8.69. The lowest BCUT2D eigenvalue weighted by atomic mass is 10.1. The number of amides is 1. The molecule has 0 saturated heterocycles. The lowest BCUT2D eigenvalue weighted by molar-refractivity contribution is 0.0973. The van der Waals surface area contributed by atoms with Crippen LogP contribution in [0.3, 0.4) is 0 Å². The van der Waals surface area contributed by atoms with Crippen LogP contribution in [0.15, 0.2) is 40.9 Å². The van der Waals surface area contributed by atoms with Gasteiger partial charge in [0.1, 0.15) is 5.75 Å². The van der Waals surface area contributed by atoms with Crippen molar-refractivity contribution in [3.63, 3.8) is 0 Å². The van der Waals surface area contributed by atoms with Gasteiger partial charge in [-0.15, -0.1) is 0 Å². The van der Waals surface area contributed by atoms with E-state index in [1.807, 2.05) is 45.0 Å². The molecule has 0 heterocycles. The van der Waals surface area contributed by atoms with E-state index in [-0.39, 0.29) is 11.0 Å². The summed E-state index contributed by atoms with van der Waals surface area (Å²) in [6.07, 6.45) is 0.865. The highest BCUT2D eigenvalue weighted by molar-refractivity contribution is 9.10. The average molecular weight is 421 g/mol. The van der Waals surface area contributed by atoms with Gasteiger partial charge in [0, 0.05) is 10.2 Å². The maximum absolute atomic E-state index is 12.6. The molecular formula is C19H21BrN2O2S. The van der Waals surface area contributed by atoms with Crippen molar-refractivity contribution < 1.29 is 9.53 Å². The van der Waals surface area contributed by atoms with Gasteiger partial charge in [0.25, 0.3) is 5.91 Å². The summed E-state index contributed by atoms with van der Waals surface area (Å²) < 4.78 is 6.46. The van der Waals surface area contributed by atoms with E-state index in [0.717, 1.165) is 27.7 Å². The highest BCUT2D eigenvalue weighted by atomic mass is 79.9. The van der Waals surface area contributed by atoms with Crippen LogP contribution in [0.5, 0.6) is 5.75 Å². The number of aryl methyl sites for hydroxylation is 2. The van der Waals surface area contributed by atoms with Crippen LogP contribution in [-0.4, -0.2) is 17.6 Å². The number of para-hydroxylation sites is 1. The molecule has 2 aromatic carbocycles. The first-order chi connectivity index (χ1) is 11.9. The molecule has 0 aromatic heterocycles. The second kappa shape index (κ2) is 8.97. The van der Waals surface area contributed by atoms with Gasteiger partial charge in [0.2, 0.25) is 0 Å². The minimum atomic E-state index is -0.309. The predicted molar refractivity (Wildman–Crippen MR) is 110 cm³/mol. The van der Waals surface area contributed by atoms with Gasteiger partial charge in [0.15, 0.2) is 5.11 Å². The van der Waals surface area contributed by atoms with Crippen LogP contribution in [0, 0.1) is 13.8 Å². The Labute approximate surface area is 162 Å². The van der Waals surface area contributed by atoms with E-state index in [9.17, 15) is 4.79 Å². The Morgan fingerprint density at radius 1 is 1.20 bits per heavy atom. The van der Waals surface area contributed by atoms with E-state index in [1.165, 1.54) is 0 Å². The van der Waals surface area contributed by atoms with E-state index in [2.05, 4.69) is 26.6 Å². The number of benzene rings is 2. The van der Waals surface area contributed by atoms with E-state index < -0.39 is 0 Å². The number of rotatable bonds is 5. The van der Waals surface area contributed by atoms with Gasteiger partial charge in [-0.1, -0.05) is 41.1 Å². The van der Waals surface area contributed by atoms with Crippen LogP contribution in [0.4, 0.5) is 5.69 Å². The number of hydrogen-bond acceptors (Lipinski definition) is 3. The monoisotopic (exact) mass is 420 g/mol. The highest BCUT2D eigenvalue weighted by Crippen LogP contribution is 2.24.